The fourth-order valence-electron chi connectivity index (χ4n) is 11.4. The van der Waals surface area contributed by atoms with Crippen LogP contribution in [-0.2, 0) is 16.2 Å². The molecule has 1 aliphatic heterocycles. The second-order valence-electron chi connectivity index (χ2n) is 19.7. The molecule has 8 aromatic rings. The Morgan fingerprint density at radius 1 is 0.349 bits per heavy atom. The van der Waals surface area contributed by atoms with Crippen LogP contribution in [0.15, 0.2) is 181 Å². The predicted octanol–water partition coefficient (Wildman–Crippen LogP) is 15.5. The smallest absolute Gasteiger partial charge is 0.144 e. The van der Waals surface area contributed by atoms with Crippen LogP contribution in [-0.4, -0.2) is 6.21 Å². The molecule has 4 aliphatic rings. The molecule has 0 aromatic heterocycles. The summed E-state index contributed by atoms with van der Waals surface area (Å²) in [5.74, 6) is 0. The first-order valence-corrected chi connectivity index (χ1v) is 22.5. The summed E-state index contributed by atoms with van der Waals surface area (Å²) < 4.78 is 0. The van der Waals surface area contributed by atoms with E-state index in [1.54, 1.807) is 0 Å². The standard InChI is InChI=1S/C61H50N2/c1-59(2)52-16-11-10-15-46(52)47-24-19-40(34-53(47)59)44-29-43(37-13-8-7-9-14-37)30-45(31-44)41-20-25-50-48-22-17-38(32-54(48)60(3,4)56(50)35-41)39-18-23-49-51-26-21-42(58-62-27-12-28-63-58)36-57(51)61(5,6)55(49)33-39/h7-36,58,62H,1-6H3. The molecular weight excluding hydrogens is 761 g/mol. The SMILES string of the molecule is CC1(C)c2ccccc2-c2ccc(-c3cc(-c4ccccc4)cc(-c4ccc5c(c4)C(C)(C)c4cc(-c6ccc7c(c6)C(C)(C)c6cc(C8N=CC=CN8)ccc6-7)ccc4-5)c3)cc21. The number of nitrogens with zero attached hydrogens (tertiary/aromatic N) is 1. The van der Waals surface area contributed by atoms with E-state index < -0.39 is 0 Å². The Labute approximate surface area is 371 Å². The van der Waals surface area contributed by atoms with Crippen molar-refractivity contribution in [3.05, 3.63) is 215 Å². The zero-order valence-corrected chi connectivity index (χ0v) is 36.8. The average molecular weight is 811 g/mol. The molecule has 0 amide bonds. The molecule has 1 unspecified atom stereocenters. The quantitative estimate of drug-likeness (QED) is 0.184. The zero-order valence-electron chi connectivity index (χ0n) is 36.8. The Bertz CT molecular complexity index is 3280. The van der Waals surface area contributed by atoms with Gasteiger partial charge in [-0.2, -0.15) is 0 Å². The number of aliphatic imine (C=N–C) groups is 1. The summed E-state index contributed by atoms with van der Waals surface area (Å²) in [4.78, 5) is 4.68. The Morgan fingerprint density at radius 2 is 0.746 bits per heavy atom. The van der Waals surface area contributed by atoms with E-state index in [0.29, 0.717) is 0 Å². The number of hydrogen-bond donors (Lipinski definition) is 1. The van der Waals surface area contributed by atoms with Gasteiger partial charge in [0.15, 0.2) is 0 Å². The Balaban J connectivity index is 0.901. The lowest BCUT2D eigenvalue weighted by Crippen LogP contribution is -2.18. The summed E-state index contributed by atoms with van der Waals surface area (Å²) in [7, 11) is 0. The molecule has 0 spiro atoms. The number of hydrogen-bond acceptors (Lipinski definition) is 2. The van der Waals surface area contributed by atoms with Crippen LogP contribution in [0.2, 0.25) is 0 Å². The van der Waals surface area contributed by atoms with Crippen LogP contribution >= 0.6 is 0 Å². The number of fused-ring (bicyclic) bond motifs is 9. The number of nitrogens with one attached hydrogen (secondary N) is 1. The van der Waals surface area contributed by atoms with Crippen LogP contribution in [0.25, 0.3) is 77.9 Å². The largest absolute Gasteiger partial charge is 0.366 e. The van der Waals surface area contributed by atoms with Gasteiger partial charge in [-0.05, 0) is 172 Å². The average Bonchev–Trinajstić information content (AvgIpc) is 3.80. The lowest BCUT2D eigenvalue weighted by Gasteiger charge is -2.24. The van der Waals surface area contributed by atoms with Crippen molar-refractivity contribution in [3.8, 4) is 77.9 Å². The van der Waals surface area contributed by atoms with Crippen molar-refractivity contribution in [1.82, 2.24) is 5.32 Å². The maximum atomic E-state index is 4.68. The molecule has 0 fully saturated rings. The van der Waals surface area contributed by atoms with Crippen molar-refractivity contribution in [2.75, 3.05) is 0 Å². The molecule has 0 radical (unpaired) electrons. The fraction of sp³-hybridized carbons (Fsp3) is 0.164. The highest BCUT2D eigenvalue weighted by Gasteiger charge is 2.39. The van der Waals surface area contributed by atoms with Crippen molar-refractivity contribution in [3.63, 3.8) is 0 Å². The first kappa shape index (κ1) is 37.7. The molecule has 1 atom stereocenters. The highest BCUT2D eigenvalue weighted by molar-refractivity contribution is 5.90. The minimum Gasteiger partial charge on any atom is -0.366 e. The second kappa shape index (κ2) is 13.5. The van der Waals surface area contributed by atoms with Gasteiger partial charge in [-0.25, -0.2) is 0 Å². The molecule has 304 valence electrons. The molecule has 0 saturated carbocycles. The third kappa shape index (κ3) is 5.67. The summed E-state index contributed by atoms with van der Waals surface area (Å²) >= 11 is 0. The normalized spacial score (nSPS) is 17.3. The number of benzene rings is 8. The number of rotatable bonds is 5. The van der Waals surface area contributed by atoms with Gasteiger partial charge >= 0.3 is 0 Å². The van der Waals surface area contributed by atoms with Crippen LogP contribution in [0, 0.1) is 0 Å². The summed E-state index contributed by atoms with van der Waals surface area (Å²) in [6.45, 7) is 14.3. The van der Waals surface area contributed by atoms with Gasteiger partial charge in [0.05, 0.1) is 0 Å². The monoisotopic (exact) mass is 810 g/mol. The van der Waals surface area contributed by atoms with E-state index in [4.69, 9.17) is 0 Å². The first-order chi connectivity index (χ1) is 30.5. The van der Waals surface area contributed by atoms with Crippen LogP contribution < -0.4 is 5.32 Å². The molecule has 0 saturated heterocycles. The van der Waals surface area contributed by atoms with Gasteiger partial charge in [0, 0.05) is 22.5 Å². The van der Waals surface area contributed by atoms with Crippen LogP contribution in [0.1, 0.15) is 86.7 Å². The molecule has 8 aromatic carbocycles. The van der Waals surface area contributed by atoms with Gasteiger partial charge in [-0.15, -0.1) is 0 Å². The molecule has 2 heteroatoms. The number of allylic oxidation sites excluding steroid dienone is 1. The van der Waals surface area contributed by atoms with E-state index in [1.165, 1.54) is 117 Å². The van der Waals surface area contributed by atoms with Crippen molar-refractivity contribution in [1.29, 1.82) is 0 Å². The second-order valence-corrected chi connectivity index (χ2v) is 19.7. The molecular formula is C61H50N2. The van der Waals surface area contributed by atoms with Gasteiger partial charge in [0.25, 0.3) is 0 Å². The highest BCUT2D eigenvalue weighted by Crippen LogP contribution is 2.54. The highest BCUT2D eigenvalue weighted by atomic mass is 15.1. The van der Waals surface area contributed by atoms with E-state index in [2.05, 4.69) is 216 Å². The molecule has 12 rings (SSSR count). The van der Waals surface area contributed by atoms with Gasteiger partial charge in [0.2, 0.25) is 0 Å². The Hall–Kier alpha value is -7.03. The Kier molecular flexibility index (Phi) is 8.07. The van der Waals surface area contributed by atoms with Gasteiger partial charge in [0.1, 0.15) is 6.17 Å². The van der Waals surface area contributed by atoms with E-state index in [9.17, 15) is 0 Å². The topological polar surface area (TPSA) is 24.4 Å². The maximum Gasteiger partial charge on any atom is 0.144 e. The van der Waals surface area contributed by atoms with Crippen LogP contribution in [0.4, 0.5) is 0 Å². The zero-order chi connectivity index (χ0) is 42.8. The third-order valence-corrected chi connectivity index (χ3v) is 15.0. The molecule has 1 heterocycles. The minimum absolute atomic E-state index is 0.0515. The molecule has 1 N–H and O–H groups in total. The van der Waals surface area contributed by atoms with Gasteiger partial charge in [-0.3, -0.25) is 4.99 Å². The van der Waals surface area contributed by atoms with Crippen molar-refractivity contribution >= 4 is 6.21 Å². The predicted molar refractivity (Wildman–Crippen MR) is 264 cm³/mol. The summed E-state index contributed by atoms with van der Waals surface area (Å²) in [5, 5.41) is 3.40. The summed E-state index contributed by atoms with van der Waals surface area (Å²) in [5.41, 5.74) is 27.1. The van der Waals surface area contributed by atoms with E-state index in [1.807, 2.05) is 18.5 Å². The van der Waals surface area contributed by atoms with E-state index >= 15 is 0 Å². The molecule has 3 aliphatic carbocycles. The van der Waals surface area contributed by atoms with E-state index in [0.717, 1.165) is 0 Å². The van der Waals surface area contributed by atoms with Crippen molar-refractivity contribution < 1.29 is 0 Å². The first-order valence-electron chi connectivity index (χ1n) is 22.5. The lowest BCUT2D eigenvalue weighted by molar-refractivity contribution is 0.636. The molecule has 2 nitrogen and oxygen atoms in total. The lowest BCUT2D eigenvalue weighted by atomic mass is 9.79. The minimum atomic E-state index is -0.176. The molecule has 63 heavy (non-hydrogen) atoms. The fourth-order valence-corrected chi connectivity index (χ4v) is 11.4. The van der Waals surface area contributed by atoms with Crippen LogP contribution in [0.3, 0.4) is 0 Å². The summed E-state index contributed by atoms with van der Waals surface area (Å²) in [6.07, 6.45) is 5.75. The van der Waals surface area contributed by atoms with Gasteiger partial charge < -0.3 is 5.32 Å². The van der Waals surface area contributed by atoms with Crippen LogP contribution in [0.5, 0.6) is 0 Å². The Morgan fingerprint density at radius 3 is 1.24 bits per heavy atom. The third-order valence-electron chi connectivity index (χ3n) is 15.0. The molecule has 0 bridgehead atoms. The summed E-state index contributed by atoms with van der Waals surface area (Å²) in [6, 6.07) is 62.4. The van der Waals surface area contributed by atoms with Crippen molar-refractivity contribution in [2.45, 2.75) is 64.0 Å². The van der Waals surface area contributed by atoms with E-state index in [-0.39, 0.29) is 22.4 Å². The van der Waals surface area contributed by atoms with Crippen molar-refractivity contribution in [2.24, 2.45) is 4.99 Å². The van der Waals surface area contributed by atoms with Gasteiger partial charge in [-0.1, -0.05) is 163 Å². The maximum absolute atomic E-state index is 4.68.